The molecule has 1 aromatic carbocycles. The van der Waals surface area contributed by atoms with Crippen molar-refractivity contribution in [2.75, 3.05) is 17.6 Å². The predicted octanol–water partition coefficient (Wildman–Crippen LogP) is 2.74. The molecule has 0 aromatic heterocycles. The summed E-state index contributed by atoms with van der Waals surface area (Å²) in [4.78, 5) is 0. The summed E-state index contributed by atoms with van der Waals surface area (Å²) in [6.45, 7) is 4.65. The van der Waals surface area contributed by atoms with Gasteiger partial charge in [0.05, 0.1) is 22.5 Å². The first-order valence-electron chi connectivity index (χ1n) is 5.46. The van der Waals surface area contributed by atoms with E-state index in [0.29, 0.717) is 23.2 Å². The minimum atomic E-state index is -0.363. The zero-order valence-corrected chi connectivity index (χ0v) is 10.5. The van der Waals surface area contributed by atoms with E-state index in [1.807, 2.05) is 12.1 Å². The molecule has 0 aliphatic carbocycles. The Kier molecular flexibility index (Phi) is 4.90. The van der Waals surface area contributed by atoms with Crippen LogP contribution in [0.2, 0.25) is 5.02 Å². The fraction of sp³-hybridized carbons (Fsp3) is 0.500. The first-order chi connectivity index (χ1) is 7.50. The first-order valence-corrected chi connectivity index (χ1v) is 5.84. The number of rotatable bonds is 5. The van der Waals surface area contributed by atoms with Gasteiger partial charge in [0, 0.05) is 6.54 Å². The fourth-order valence-corrected chi connectivity index (χ4v) is 1.72. The van der Waals surface area contributed by atoms with Gasteiger partial charge in [-0.15, -0.1) is 0 Å². The number of aliphatic hydroxyl groups is 1. The third kappa shape index (κ3) is 3.91. The largest absolute Gasteiger partial charge is 0.396 e. The number of hydrogen-bond acceptors (Lipinski definition) is 3. The molecule has 4 heteroatoms. The van der Waals surface area contributed by atoms with Gasteiger partial charge >= 0.3 is 0 Å². The van der Waals surface area contributed by atoms with Gasteiger partial charge in [0.25, 0.3) is 0 Å². The molecule has 1 rings (SSSR count). The summed E-state index contributed by atoms with van der Waals surface area (Å²) in [6.07, 6.45) is 0.409. The highest BCUT2D eigenvalue weighted by molar-refractivity contribution is 6.33. The zero-order chi connectivity index (χ0) is 12.1. The molecule has 1 unspecified atom stereocenters. The molecular weight excluding hydrogens is 224 g/mol. The number of nitrogen functional groups attached to an aromatic ring is 1. The Labute approximate surface area is 102 Å². The van der Waals surface area contributed by atoms with E-state index >= 15 is 0 Å². The van der Waals surface area contributed by atoms with Gasteiger partial charge in [-0.1, -0.05) is 31.5 Å². The Bertz CT molecular complexity index is 342. The molecule has 0 heterocycles. The van der Waals surface area contributed by atoms with E-state index in [1.165, 1.54) is 0 Å². The van der Waals surface area contributed by atoms with Crippen molar-refractivity contribution in [3.8, 4) is 0 Å². The second kappa shape index (κ2) is 5.97. The van der Waals surface area contributed by atoms with E-state index in [9.17, 15) is 5.11 Å². The molecular formula is C12H19ClN2O. The summed E-state index contributed by atoms with van der Waals surface area (Å²) in [6, 6.07) is 5.42. The second-order valence-corrected chi connectivity index (χ2v) is 4.77. The van der Waals surface area contributed by atoms with E-state index in [2.05, 4.69) is 19.2 Å². The molecule has 1 aromatic rings. The standard InChI is InChI=1S/C12H19ClN2O/c1-8(2)6-9(16)7-15-11-5-3-4-10(13)12(11)14/h3-5,8-9,15-16H,6-7,14H2,1-2H3. The van der Waals surface area contributed by atoms with Crippen molar-refractivity contribution in [2.24, 2.45) is 5.92 Å². The maximum atomic E-state index is 9.70. The maximum Gasteiger partial charge on any atom is 0.0739 e. The maximum absolute atomic E-state index is 9.70. The molecule has 0 bridgehead atoms. The highest BCUT2D eigenvalue weighted by Gasteiger charge is 2.08. The lowest BCUT2D eigenvalue weighted by Crippen LogP contribution is -2.21. The number of para-hydroxylation sites is 1. The quantitative estimate of drug-likeness (QED) is 0.696. The SMILES string of the molecule is CC(C)CC(O)CNc1cccc(Cl)c1N. The number of hydrogen-bond donors (Lipinski definition) is 3. The molecule has 0 fully saturated rings. The summed E-state index contributed by atoms with van der Waals surface area (Å²) >= 11 is 5.89. The fourth-order valence-electron chi connectivity index (χ4n) is 1.55. The smallest absolute Gasteiger partial charge is 0.0739 e. The van der Waals surface area contributed by atoms with Crippen LogP contribution in [0.1, 0.15) is 20.3 Å². The lowest BCUT2D eigenvalue weighted by molar-refractivity contribution is 0.161. The van der Waals surface area contributed by atoms with Gasteiger partial charge in [0.1, 0.15) is 0 Å². The van der Waals surface area contributed by atoms with E-state index in [1.54, 1.807) is 6.07 Å². The highest BCUT2D eigenvalue weighted by Crippen LogP contribution is 2.26. The topological polar surface area (TPSA) is 58.3 Å². The van der Waals surface area contributed by atoms with Crippen LogP contribution in [0.4, 0.5) is 11.4 Å². The van der Waals surface area contributed by atoms with Crippen molar-refractivity contribution in [1.82, 2.24) is 0 Å². The van der Waals surface area contributed by atoms with Crippen LogP contribution in [0.5, 0.6) is 0 Å². The Morgan fingerprint density at radius 1 is 1.44 bits per heavy atom. The van der Waals surface area contributed by atoms with E-state index in [-0.39, 0.29) is 6.10 Å². The molecule has 0 radical (unpaired) electrons. The molecule has 0 spiro atoms. The summed E-state index contributed by atoms with van der Waals surface area (Å²) in [5, 5.41) is 13.3. The lowest BCUT2D eigenvalue weighted by atomic mass is 10.1. The summed E-state index contributed by atoms with van der Waals surface area (Å²) in [5.41, 5.74) is 7.10. The molecule has 3 nitrogen and oxygen atoms in total. The molecule has 16 heavy (non-hydrogen) atoms. The molecule has 0 amide bonds. The predicted molar refractivity (Wildman–Crippen MR) is 69.8 cm³/mol. The number of nitrogens with two attached hydrogens (primary N) is 1. The minimum absolute atomic E-state index is 0.363. The Balaban J connectivity index is 2.51. The van der Waals surface area contributed by atoms with Gasteiger partial charge in [0.2, 0.25) is 0 Å². The van der Waals surface area contributed by atoms with Crippen LogP contribution in [-0.4, -0.2) is 17.8 Å². The summed E-state index contributed by atoms with van der Waals surface area (Å²) in [5.74, 6) is 0.480. The average Bonchev–Trinajstić information content (AvgIpc) is 2.19. The van der Waals surface area contributed by atoms with Gasteiger partial charge in [0.15, 0.2) is 0 Å². The number of halogens is 1. The number of anilines is 2. The van der Waals surface area contributed by atoms with E-state index < -0.39 is 0 Å². The van der Waals surface area contributed by atoms with Crippen molar-refractivity contribution in [1.29, 1.82) is 0 Å². The van der Waals surface area contributed by atoms with Crippen LogP contribution in [-0.2, 0) is 0 Å². The van der Waals surface area contributed by atoms with Gasteiger partial charge in [-0.25, -0.2) is 0 Å². The highest BCUT2D eigenvalue weighted by atomic mass is 35.5. The van der Waals surface area contributed by atoms with Gasteiger partial charge < -0.3 is 16.2 Å². The van der Waals surface area contributed by atoms with E-state index in [4.69, 9.17) is 17.3 Å². The monoisotopic (exact) mass is 242 g/mol. The molecule has 4 N–H and O–H groups in total. The van der Waals surface area contributed by atoms with Crippen LogP contribution in [0, 0.1) is 5.92 Å². The second-order valence-electron chi connectivity index (χ2n) is 4.37. The van der Waals surface area contributed by atoms with Gasteiger partial charge in [-0.05, 0) is 24.5 Å². The Hall–Kier alpha value is -0.930. The molecule has 0 aliphatic heterocycles. The molecule has 90 valence electrons. The van der Waals surface area contributed by atoms with Crippen molar-refractivity contribution >= 4 is 23.0 Å². The summed E-state index contributed by atoms with van der Waals surface area (Å²) in [7, 11) is 0. The third-order valence-electron chi connectivity index (χ3n) is 2.32. The van der Waals surface area contributed by atoms with Gasteiger partial charge in [-0.3, -0.25) is 0 Å². The normalized spacial score (nSPS) is 12.8. The van der Waals surface area contributed by atoms with Crippen LogP contribution in [0.3, 0.4) is 0 Å². The Morgan fingerprint density at radius 3 is 2.75 bits per heavy atom. The minimum Gasteiger partial charge on any atom is -0.396 e. The number of aliphatic hydroxyl groups excluding tert-OH is 1. The summed E-state index contributed by atoms with van der Waals surface area (Å²) < 4.78 is 0. The van der Waals surface area contributed by atoms with Crippen molar-refractivity contribution in [2.45, 2.75) is 26.4 Å². The first kappa shape index (κ1) is 13.1. The van der Waals surface area contributed by atoms with Crippen molar-refractivity contribution < 1.29 is 5.11 Å². The van der Waals surface area contributed by atoms with Gasteiger partial charge in [-0.2, -0.15) is 0 Å². The number of benzene rings is 1. The average molecular weight is 243 g/mol. The molecule has 0 aliphatic rings. The van der Waals surface area contributed by atoms with Crippen LogP contribution in [0.15, 0.2) is 18.2 Å². The molecule has 0 saturated carbocycles. The van der Waals surface area contributed by atoms with Crippen LogP contribution >= 0.6 is 11.6 Å². The third-order valence-corrected chi connectivity index (χ3v) is 2.65. The number of nitrogens with one attached hydrogen (secondary N) is 1. The van der Waals surface area contributed by atoms with Crippen molar-refractivity contribution in [3.05, 3.63) is 23.2 Å². The van der Waals surface area contributed by atoms with Crippen LogP contribution < -0.4 is 11.1 Å². The zero-order valence-electron chi connectivity index (χ0n) is 9.70. The molecule has 0 saturated heterocycles. The Morgan fingerprint density at radius 2 is 2.12 bits per heavy atom. The molecule has 1 atom stereocenters. The van der Waals surface area contributed by atoms with E-state index in [0.717, 1.165) is 12.1 Å². The van der Waals surface area contributed by atoms with Crippen molar-refractivity contribution in [3.63, 3.8) is 0 Å². The lowest BCUT2D eigenvalue weighted by Gasteiger charge is -2.16. The van der Waals surface area contributed by atoms with Crippen LogP contribution in [0.25, 0.3) is 0 Å².